The van der Waals surface area contributed by atoms with Gasteiger partial charge in [0.2, 0.25) is 0 Å². The Hall–Kier alpha value is -3.45. The first-order chi connectivity index (χ1) is 17.5. The third-order valence-electron chi connectivity index (χ3n) is 7.35. The molecule has 0 radical (unpaired) electrons. The molecule has 4 atom stereocenters. The number of amides is 2. The van der Waals surface area contributed by atoms with E-state index in [9.17, 15) is 9.59 Å². The first kappa shape index (κ1) is 23.0. The number of rotatable bonds is 7. The summed E-state index contributed by atoms with van der Waals surface area (Å²) in [5.41, 5.74) is 1.77. The van der Waals surface area contributed by atoms with Gasteiger partial charge in [0.05, 0.1) is 29.1 Å². The Labute approximate surface area is 217 Å². The smallest absolute Gasteiger partial charge is 0.254 e. The highest BCUT2D eigenvalue weighted by molar-refractivity contribution is 9.10. The number of hydrogen-bond acceptors (Lipinski definition) is 5. The van der Waals surface area contributed by atoms with E-state index in [1.54, 1.807) is 0 Å². The molecule has 2 aliphatic carbocycles. The lowest BCUT2D eigenvalue weighted by atomic mass is 9.85. The fourth-order valence-corrected chi connectivity index (χ4v) is 6.33. The molecule has 1 aliphatic heterocycles. The van der Waals surface area contributed by atoms with Gasteiger partial charge in [0.15, 0.2) is 11.5 Å². The minimum absolute atomic E-state index is 0.161. The lowest BCUT2D eigenvalue weighted by molar-refractivity contribution is -0.140. The summed E-state index contributed by atoms with van der Waals surface area (Å²) < 4.78 is 12.8. The van der Waals surface area contributed by atoms with Gasteiger partial charge in [0.25, 0.3) is 11.8 Å². The van der Waals surface area contributed by atoms with Gasteiger partial charge in [0, 0.05) is 0 Å². The Kier molecular flexibility index (Phi) is 5.88. The van der Waals surface area contributed by atoms with Gasteiger partial charge in [0.1, 0.15) is 6.61 Å². The van der Waals surface area contributed by atoms with Crippen LogP contribution in [0, 0.1) is 23.7 Å². The summed E-state index contributed by atoms with van der Waals surface area (Å²) in [7, 11) is 0. The van der Waals surface area contributed by atoms with Crippen molar-refractivity contribution in [1.29, 1.82) is 0 Å². The monoisotopic (exact) mass is 544 g/mol. The lowest BCUT2D eigenvalue weighted by Gasteiger charge is -2.16. The van der Waals surface area contributed by atoms with Crippen molar-refractivity contribution in [3.05, 3.63) is 82.3 Å². The average Bonchev–Trinajstić information content (AvgIpc) is 3.56. The van der Waals surface area contributed by atoms with E-state index in [0.29, 0.717) is 34.7 Å². The maximum atomic E-state index is 12.9. The van der Waals surface area contributed by atoms with Gasteiger partial charge in [-0.25, -0.2) is 0 Å². The Morgan fingerprint density at radius 2 is 1.72 bits per heavy atom. The van der Waals surface area contributed by atoms with Crippen LogP contribution >= 0.6 is 15.9 Å². The first-order valence-electron chi connectivity index (χ1n) is 12.2. The summed E-state index contributed by atoms with van der Waals surface area (Å²) in [5, 5.41) is 7.66. The fourth-order valence-electron chi connectivity index (χ4n) is 5.76. The van der Waals surface area contributed by atoms with Gasteiger partial charge in [-0.3, -0.25) is 9.59 Å². The molecule has 182 valence electrons. The molecule has 6 rings (SSSR count). The predicted molar refractivity (Wildman–Crippen MR) is 141 cm³/mol. The summed E-state index contributed by atoms with van der Waals surface area (Å²) in [6.45, 7) is 2.75. The van der Waals surface area contributed by atoms with Crippen LogP contribution in [-0.2, 0) is 16.2 Å². The second-order valence-electron chi connectivity index (χ2n) is 9.42. The van der Waals surface area contributed by atoms with E-state index < -0.39 is 0 Å². The van der Waals surface area contributed by atoms with Crippen molar-refractivity contribution in [3.8, 4) is 11.5 Å². The van der Waals surface area contributed by atoms with Gasteiger partial charge in [-0.05, 0) is 75.1 Å². The summed E-state index contributed by atoms with van der Waals surface area (Å²) in [4.78, 5) is 25.8. The van der Waals surface area contributed by atoms with Gasteiger partial charge >= 0.3 is 0 Å². The molecule has 0 N–H and O–H groups in total. The number of carbonyl (C=O) groups excluding carboxylic acids is 2. The van der Waals surface area contributed by atoms with Crippen molar-refractivity contribution in [2.45, 2.75) is 20.0 Å². The molecule has 7 heteroatoms. The number of carbonyl (C=O) groups is 2. The maximum Gasteiger partial charge on any atom is 0.254 e. The highest BCUT2D eigenvalue weighted by Gasteiger charge is 2.59. The van der Waals surface area contributed by atoms with Gasteiger partial charge in [-0.1, -0.05) is 54.6 Å². The largest absolute Gasteiger partial charge is 0.490 e. The Bertz CT molecular complexity index is 1400. The number of halogens is 1. The van der Waals surface area contributed by atoms with E-state index in [-0.39, 0.29) is 35.5 Å². The molecule has 1 saturated carbocycles. The number of imide groups is 1. The molecule has 0 aromatic heterocycles. The standard InChI is InChI=1S/C29H25BrN2O4/c1-2-35-24-13-17(15-31-32-28(33)25-19-10-11-20(14-19)26(25)29(32)34)12-23(30)27(24)36-16-21-8-5-7-18-6-3-4-9-22(18)21/h3-13,15,19-20,25-26H,2,14,16H2,1H3. The number of ether oxygens (including phenoxy) is 2. The zero-order valence-corrected chi connectivity index (χ0v) is 21.4. The van der Waals surface area contributed by atoms with E-state index >= 15 is 0 Å². The highest BCUT2D eigenvalue weighted by atomic mass is 79.9. The van der Waals surface area contributed by atoms with E-state index in [1.165, 1.54) is 6.21 Å². The maximum absolute atomic E-state index is 12.9. The molecule has 36 heavy (non-hydrogen) atoms. The number of allylic oxidation sites excluding steroid dienone is 2. The van der Waals surface area contributed by atoms with E-state index in [2.05, 4.69) is 57.4 Å². The van der Waals surface area contributed by atoms with Crippen LogP contribution < -0.4 is 9.47 Å². The minimum atomic E-state index is -0.264. The minimum Gasteiger partial charge on any atom is -0.490 e. The van der Waals surface area contributed by atoms with Crippen molar-refractivity contribution in [3.63, 3.8) is 0 Å². The predicted octanol–water partition coefficient (Wildman–Crippen LogP) is 5.72. The van der Waals surface area contributed by atoms with Crippen molar-refractivity contribution in [2.75, 3.05) is 6.61 Å². The molecule has 6 nitrogen and oxygen atoms in total. The van der Waals surface area contributed by atoms with Crippen LogP contribution in [0.5, 0.6) is 11.5 Å². The van der Waals surface area contributed by atoms with Crippen molar-refractivity contribution >= 4 is 44.7 Å². The highest BCUT2D eigenvalue weighted by Crippen LogP contribution is 2.52. The SMILES string of the molecule is CCOc1cc(C=NN2C(=O)C3C4C=CC(C4)C3C2=O)cc(Br)c1OCc1cccc2ccccc12. The molecule has 0 spiro atoms. The third-order valence-corrected chi connectivity index (χ3v) is 7.94. The van der Waals surface area contributed by atoms with Crippen LogP contribution in [0.1, 0.15) is 24.5 Å². The number of hydrazone groups is 1. The summed E-state index contributed by atoms with van der Waals surface area (Å²) in [6, 6.07) is 18.0. The van der Waals surface area contributed by atoms with Crippen LogP contribution in [0.2, 0.25) is 0 Å². The number of nitrogens with zero attached hydrogens (tertiary/aromatic N) is 2. The van der Waals surface area contributed by atoms with Crippen molar-refractivity contribution in [1.82, 2.24) is 5.01 Å². The first-order valence-corrected chi connectivity index (χ1v) is 13.0. The normalized spacial score (nSPS) is 24.3. The van der Waals surface area contributed by atoms with Crippen LogP contribution in [0.25, 0.3) is 10.8 Å². The van der Waals surface area contributed by atoms with Gasteiger partial charge < -0.3 is 9.47 Å². The third kappa shape index (κ3) is 3.82. The fraction of sp³-hybridized carbons (Fsp3) is 0.276. The zero-order valence-electron chi connectivity index (χ0n) is 19.8. The van der Waals surface area contributed by atoms with E-state index in [0.717, 1.165) is 27.8 Å². The van der Waals surface area contributed by atoms with Gasteiger partial charge in [-0.2, -0.15) is 10.1 Å². The molecule has 2 amide bonds. The Balaban J connectivity index is 1.23. The number of fused-ring (bicyclic) bond motifs is 6. The second-order valence-corrected chi connectivity index (χ2v) is 10.3. The van der Waals surface area contributed by atoms with Crippen LogP contribution in [0.4, 0.5) is 0 Å². The molecule has 3 aromatic rings. The Morgan fingerprint density at radius 1 is 1.00 bits per heavy atom. The van der Waals surface area contributed by atoms with E-state index in [1.807, 2.05) is 37.3 Å². The molecule has 3 aromatic carbocycles. The molecule has 2 fully saturated rings. The quantitative estimate of drug-likeness (QED) is 0.216. The second kappa shape index (κ2) is 9.21. The number of benzene rings is 3. The lowest BCUT2D eigenvalue weighted by Crippen LogP contribution is -2.28. The molecule has 1 heterocycles. The summed E-state index contributed by atoms with van der Waals surface area (Å²) in [5.74, 6) is 0.552. The van der Waals surface area contributed by atoms with Crippen molar-refractivity contribution < 1.29 is 19.1 Å². The number of hydrogen-bond donors (Lipinski definition) is 0. The Morgan fingerprint density at radius 3 is 2.47 bits per heavy atom. The zero-order chi connectivity index (χ0) is 24.8. The van der Waals surface area contributed by atoms with E-state index in [4.69, 9.17) is 9.47 Å². The summed E-state index contributed by atoms with van der Waals surface area (Å²) in [6.07, 6.45) is 6.59. The van der Waals surface area contributed by atoms with Gasteiger partial charge in [-0.15, -0.1) is 0 Å². The molecule has 4 unspecified atom stereocenters. The van der Waals surface area contributed by atoms with Crippen LogP contribution in [-0.4, -0.2) is 29.6 Å². The van der Waals surface area contributed by atoms with Crippen LogP contribution in [0.15, 0.2) is 76.3 Å². The molecule has 1 saturated heterocycles. The molecular weight excluding hydrogens is 520 g/mol. The molecular formula is C29H25BrN2O4. The van der Waals surface area contributed by atoms with Crippen LogP contribution in [0.3, 0.4) is 0 Å². The average molecular weight is 545 g/mol. The van der Waals surface area contributed by atoms with Crippen molar-refractivity contribution in [2.24, 2.45) is 28.8 Å². The topological polar surface area (TPSA) is 68.2 Å². The molecule has 2 bridgehead atoms. The molecule has 3 aliphatic rings. The summed E-state index contributed by atoms with van der Waals surface area (Å²) >= 11 is 3.61.